The van der Waals surface area contributed by atoms with Crippen LogP contribution >= 0.6 is 0 Å². The quantitative estimate of drug-likeness (QED) is 0.591. The molecule has 2 amide bonds. The lowest BCUT2D eigenvalue weighted by Gasteiger charge is -2.53. The van der Waals surface area contributed by atoms with Crippen molar-refractivity contribution in [2.45, 2.75) is 51.0 Å². The van der Waals surface area contributed by atoms with Gasteiger partial charge in [-0.15, -0.1) is 0 Å². The number of carbonyl (C=O) groups is 3. The molecular weight excluding hydrogens is 448 g/mol. The number of amides is 2. The number of aliphatic carboxylic acids is 1. The van der Waals surface area contributed by atoms with Gasteiger partial charge in [-0.25, -0.2) is 9.59 Å². The Morgan fingerprint density at radius 2 is 1.66 bits per heavy atom. The predicted molar refractivity (Wildman–Crippen MR) is 129 cm³/mol. The molecule has 2 aromatic carbocycles. The van der Waals surface area contributed by atoms with Crippen LogP contribution in [0.3, 0.4) is 0 Å². The largest absolute Gasteiger partial charge is 0.480 e. The molecular formula is C27H30N2O6. The summed E-state index contributed by atoms with van der Waals surface area (Å²) in [5.41, 5.74) is 0.888. The van der Waals surface area contributed by atoms with Gasteiger partial charge in [0.15, 0.2) is 6.04 Å². The van der Waals surface area contributed by atoms with Crippen molar-refractivity contribution >= 4 is 24.0 Å². The summed E-state index contributed by atoms with van der Waals surface area (Å²) in [7, 11) is 0. The van der Waals surface area contributed by atoms with Gasteiger partial charge < -0.3 is 19.8 Å². The van der Waals surface area contributed by atoms with Gasteiger partial charge in [0.05, 0.1) is 18.2 Å². The fraction of sp³-hybridized carbons (Fsp3) is 0.370. The molecule has 2 aromatic rings. The van der Waals surface area contributed by atoms with Crippen LogP contribution in [-0.2, 0) is 14.3 Å². The van der Waals surface area contributed by atoms with E-state index in [0.717, 1.165) is 11.1 Å². The molecule has 2 aliphatic rings. The Bertz CT molecular complexity index is 1110. The maximum absolute atomic E-state index is 13.5. The molecule has 8 heteroatoms. The van der Waals surface area contributed by atoms with Crippen LogP contribution in [0.2, 0.25) is 0 Å². The van der Waals surface area contributed by atoms with Gasteiger partial charge in [0.2, 0.25) is 5.91 Å². The molecule has 35 heavy (non-hydrogen) atoms. The van der Waals surface area contributed by atoms with Crippen LogP contribution in [0, 0.1) is 5.41 Å². The van der Waals surface area contributed by atoms with E-state index in [9.17, 15) is 24.6 Å². The summed E-state index contributed by atoms with van der Waals surface area (Å²) >= 11 is 0. The molecule has 5 atom stereocenters. The zero-order valence-electron chi connectivity index (χ0n) is 19.9. The summed E-state index contributed by atoms with van der Waals surface area (Å²) in [5.74, 6) is -1.84. The van der Waals surface area contributed by atoms with Crippen molar-refractivity contribution in [3.8, 4) is 0 Å². The van der Waals surface area contributed by atoms with E-state index in [2.05, 4.69) is 0 Å². The van der Waals surface area contributed by atoms with Crippen LogP contribution < -0.4 is 0 Å². The maximum Gasteiger partial charge on any atom is 0.411 e. The molecule has 2 heterocycles. The van der Waals surface area contributed by atoms with Crippen molar-refractivity contribution in [2.24, 2.45) is 5.41 Å². The fourth-order valence-electron chi connectivity index (χ4n) is 4.65. The Hall–Kier alpha value is -3.65. The summed E-state index contributed by atoms with van der Waals surface area (Å²) in [6.07, 6.45) is 1.56. The number of aliphatic hydroxyl groups excluding tert-OH is 1. The number of aliphatic hydroxyl groups is 1. The second-order valence-corrected chi connectivity index (χ2v) is 9.96. The monoisotopic (exact) mass is 478 g/mol. The van der Waals surface area contributed by atoms with Gasteiger partial charge in [0.1, 0.15) is 12.6 Å². The molecule has 2 aliphatic heterocycles. The van der Waals surface area contributed by atoms with Crippen molar-refractivity contribution in [1.82, 2.24) is 9.80 Å². The molecule has 0 saturated carbocycles. The van der Waals surface area contributed by atoms with Crippen molar-refractivity contribution in [2.75, 3.05) is 6.61 Å². The van der Waals surface area contributed by atoms with Crippen molar-refractivity contribution in [1.29, 1.82) is 0 Å². The lowest BCUT2D eigenvalue weighted by molar-refractivity contribution is -0.177. The first kappa shape index (κ1) is 24.5. The van der Waals surface area contributed by atoms with Gasteiger partial charge in [0.25, 0.3) is 0 Å². The predicted octanol–water partition coefficient (Wildman–Crippen LogP) is 3.33. The second-order valence-electron chi connectivity index (χ2n) is 9.96. The molecule has 0 radical (unpaired) electrons. The highest BCUT2D eigenvalue weighted by Gasteiger charge is 2.60. The third-order valence-corrected chi connectivity index (χ3v) is 6.57. The molecule has 0 spiro atoms. The number of benzene rings is 2. The van der Waals surface area contributed by atoms with E-state index in [-0.39, 0.29) is 6.61 Å². The minimum absolute atomic E-state index is 0.0920. The van der Waals surface area contributed by atoms with Crippen LogP contribution in [-0.4, -0.2) is 68.8 Å². The molecule has 0 bridgehead atoms. The topological polar surface area (TPSA) is 107 Å². The highest BCUT2D eigenvalue weighted by molar-refractivity contribution is 5.97. The number of ether oxygens (including phenoxy) is 1. The number of carboxylic acids is 1. The number of carboxylic acid groups (broad SMARTS) is 1. The standard InChI is InChI=1S/C27H30N2O6/c1-27(2,3)23(30)22(25(32)33)28-19(15-14-17-10-6-4-7-11-17)21(24(28)31)29-20(16-35-26(29)34)18-12-8-5-9-13-18/h4-15,19-23,30H,16H2,1-3H3,(H,32,33)/t19?,20-,21?,22?,23+/m1/s1. The minimum Gasteiger partial charge on any atom is -0.480 e. The fourth-order valence-corrected chi connectivity index (χ4v) is 4.65. The normalized spacial score (nSPS) is 24.3. The zero-order valence-corrected chi connectivity index (χ0v) is 19.9. The molecule has 4 rings (SSSR count). The Morgan fingerprint density at radius 3 is 2.23 bits per heavy atom. The summed E-state index contributed by atoms with van der Waals surface area (Å²) in [5, 5.41) is 20.9. The number of nitrogens with zero attached hydrogens (tertiary/aromatic N) is 2. The van der Waals surface area contributed by atoms with Crippen molar-refractivity contribution < 1.29 is 29.3 Å². The van der Waals surface area contributed by atoms with Crippen LogP contribution in [0.25, 0.3) is 6.08 Å². The zero-order chi connectivity index (χ0) is 25.3. The van der Waals surface area contributed by atoms with E-state index >= 15 is 0 Å². The first-order valence-corrected chi connectivity index (χ1v) is 11.6. The SMILES string of the molecule is CC(C)(C)[C@@H](O)C(C(=O)O)N1C(=O)C(N2C(=O)OC[C@@H]2c2ccccc2)C1C=Cc1ccccc1. The Kier molecular flexibility index (Phi) is 6.67. The molecule has 0 aliphatic carbocycles. The number of rotatable bonds is 7. The van der Waals surface area contributed by atoms with E-state index in [1.807, 2.05) is 60.7 Å². The molecule has 0 aromatic heterocycles. The van der Waals surface area contributed by atoms with E-state index in [4.69, 9.17) is 4.74 Å². The molecule has 8 nitrogen and oxygen atoms in total. The molecule has 184 valence electrons. The van der Waals surface area contributed by atoms with Crippen LogP contribution in [0.4, 0.5) is 4.79 Å². The molecule has 2 N–H and O–H groups in total. The number of hydrogen-bond donors (Lipinski definition) is 2. The maximum atomic E-state index is 13.5. The van der Waals surface area contributed by atoms with E-state index in [1.54, 1.807) is 32.9 Å². The van der Waals surface area contributed by atoms with Crippen LogP contribution in [0.1, 0.15) is 37.9 Å². The first-order chi connectivity index (χ1) is 16.6. The van der Waals surface area contributed by atoms with Gasteiger partial charge in [-0.3, -0.25) is 9.69 Å². The number of cyclic esters (lactones) is 1. The van der Waals surface area contributed by atoms with Crippen LogP contribution in [0.15, 0.2) is 66.7 Å². The van der Waals surface area contributed by atoms with Gasteiger partial charge in [-0.05, 0) is 16.5 Å². The third-order valence-electron chi connectivity index (χ3n) is 6.57. The Morgan fingerprint density at radius 1 is 1.06 bits per heavy atom. The van der Waals surface area contributed by atoms with Gasteiger partial charge >= 0.3 is 12.1 Å². The van der Waals surface area contributed by atoms with Crippen LogP contribution in [0.5, 0.6) is 0 Å². The summed E-state index contributed by atoms with van der Waals surface area (Å²) in [4.78, 5) is 41.2. The highest BCUT2D eigenvalue weighted by atomic mass is 16.6. The minimum atomic E-state index is -1.47. The van der Waals surface area contributed by atoms with Gasteiger partial charge in [-0.1, -0.05) is 93.6 Å². The molecule has 2 fully saturated rings. The van der Waals surface area contributed by atoms with E-state index in [1.165, 1.54) is 9.80 Å². The Labute approximate surface area is 204 Å². The van der Waals surface area contributed by atoms with E-state index in [0.29, 0.717) is 0 Å². The summed E-state index contributed by atoms with van der Waals surface area (Å²) in [6.45, 7) is 5.24. The Balaban J connectivity index is 1.73. The first-order valence-electron chi connectivity index (χ1n) is 11.6. The van der Waals surface area contributed by atoms with Gasteiger partial charge in [0, 0.05) is 0 Å². The lowest BCUT2D eigenvalue weighted by atomic mass is 9.80. The van der Waals surface area contributed by atoms with Gasteiger partial charge in [-0.2, -0.15) is 0 Å². The highest BCUT2D eigenvalue weighted by Crippen LogP contribution is 2.40. The van der Waals surface area contributed by atoms with Crippen molar-refractivity contribution in [3.63, 3.8) is 0 Å². The third kappa shape index (κ3) is 4.66. The van der Waals surface area contributed by atoms with E-state index < -0.39 is 53.7 Å². The summed E-state index contributed by atoms with van der Waals surface area (Å²) in [6, 6.07) is 15.0. The smallest absolute Gasteiger partial charge is 0.411 e. The summed E-state index contributed by atoms with van der Waals surface area (Å²) < 4.78 is 5.32. The second kappa shape index (κ2) is 9.54. The molecule has 2 saturated heterocycles. The average molecular weight is 479 g/mol. The average Bonchev–Trinajstić information content (AvgIpc) is 3.20. The number of likely N-dealkylation sites (tertiary alicyclic amines) is 1. The lowest BCUT2D eigenvalue weighted by Crippen LogP contribution is -2.75. The number of β-lactam (4-membered cyclic amide) rings is 1. The number of carbonyl (C=O) groups excluding carboxylic acids is 2. The molecule has 3 unspecified atom stereocenters. The van der Waals surface area contributed by atoms with Crippen molar-refractivity contribution in [3.05, 3.63) is 77.9 Å². The number of hydrogen-bond acceptors (Lipinski definition) is 5.